The molecule has 0 aliphatic heterocycles. The number of hydrogen-bond donors (Lipinski definition) is 0. The highest BCUT2D eigenvalue weighted by Crippen LogP contribution is 2.16. The van der Waals surface area contributed by atoms with E-state index in [0.717, 1.165) is 5.56 Å². The molecule has 0 N–H and O–H groups in total. The van der Waals surface area contributed by atoms with E-state index in [2.05, 4.69) is 6.58 Å². The molecule has 0 fully saturated rings. The monoisotopic (exact) mass is 168 g/mol. The number of aryl methyl sites for hydroxylation is 1. The molecule has 12 heavy (non-hydrogen) atoms. The Labute approximate surface area is 70.5 Å². The predicted molar refractivity (Wildman–Crippen MR) is 45.8 cm³/mol. The van der Waals surface area contributed by atoms with Gasteiger partial charge >= 0.3 is 0 Å². The molecule has 1 aromatic carbocycles. The lowest BCUT2D eigenvalue weighted by Crippen LogP contribution is -1.92. The molecule has 0 saturated heterocycles. The van der Waals surface area contributed by atoms with Crippen LogP contribution in [0.25, 0.3) is 6.08 Å². The molecular weight excluding hydrogens is 158 g/mol. The molecule has 2 heteroatoms. The highest BCUT2D eigenvalue weighted by Gasteiger charge is 2.06. The number of halogens is 2. The van der Waals surface area contributed by atoms with Gasteiger partial charge in [-0.15, -0.1) is 0 Å². The summed E-state index contributed by atoms with van der Waals surface area (Å²) in [6.45, 7) is 5.29. The molecule has 0 aliphatic rings. The summed E-state index contributed by atoms with van der Waals surface area (Å²) in [4.78, 5) is 0. The maximum absolute atomic E-state index is 12.9. The lowest BCUT2D eigenvalue weighted by molar-refractivity contribution is 0.505. The Morgan fingerprint density at radius 3 is 2.58 bits per heavy atom. The van der Waals surface area contributed by atoms with Crippen LogP contribution in [0, 0.1) is 11.6 Å². The second kappa shape index (κ2) is 3.48. The highest BCUT2D eigenvalue weighted by molar-refractivity contribution is 5.49. The first-order chi connectivity index (χ1) is 5.69. The minimum atomic E-state index is -0.817. The first kappa shape index (κ1) is 8.91. The van der Waals surface area contributed by atoms with Gasteiger partial charge in [0.1, 0.15) is 0 Å². The summed E-state index contributed by atoms with van der Waals surface area (Å²) >= 11 is 0. The standard InChI is InChI=1S/C10H10F2/c1-3-7-5-8(4-2)10(12)9(11)6-7/h4-6H,2-3H2,1H3. The molecule has 0 aromatic heterocycles. The minimum Gasteiger partial charge on any atom is -0.204 e. The van der Waals surface area contributed by atoms with E-state index in [0.29, 0.717) is 6.42 Å². The summed E-state index contributed by atoms with van der Waals surface area (Å²) in [5.74, 6) is -1.62. The van der Waals surface area contributed by atoms with E-state index >= 15 is 0 Å². The SMILES string of the molecule is C=Cc1cc(CC)cc(F)c1F. The van der Waals surface area contributed by atoms with Gasteiger partial charge in [-0.05, 0) is 24.1 Å². The third-order valence-electron chi connectivity index (χ3n) is 1.74. The molecule has 0 radical (unpaired) electrons. The van der Waals surface area contributed by atoms with Crippen molar-refractivity contribution >= 4 is 6.08 Å². The van der Waals surface area contributed by atoms with E-state index in [1.54, 1.807) is 6.07 Å². The zero-order chi connectivity index (χ0) is 9.14. The van der Waals surface area contributed by atoms with E-state index in [4.69, 9.17) is 0 Å². The van der Waals surface area contributed by atoms with Gasteiger partial charge in [0.15, 0.2) is 11.6 Å². The molecule has 0 saturated carbocycles. The Morgan fingerprint density at radius 1 is 1.42 bits per heavy atom. The second-order valence-corrected chi connectivity index (χ2v) is 2.54. The Bertz CT molecular complexity index is 303. The minimum absolute atomic E-state index is 0.229. The van der Waals surface area contributed by atoms with Crippen LogP contribution in [0.4, 0.5) is 8.78 Å². The lowest BCUT2D eigenvalue weighted by atomic mass is 10.1. The van der Waals surface area contributed by atoms with Crippen molar-refractivity contribution in [3.8, 4) is 0 Å². The fourth-order valence-corrected chi connectivity index (χ4v) is 1.02. The van der Waals surface area contributed by atoms with Crippen LogP contribution < -0.4 is 0 Å². The zero-order valence-electron chi connectivity index (χ0n) is 6.90. The quantitative estimate of drug-likeness (QED) is 0.636. The summed E-state index contributed by atoms with van der Waals surface area (Å²) < 4.78 is 25.7. The van der Waals surface area contributed by atoms with Gasteiger partial charge in [-0.2, -0.15) is 0 Å². The van der Waals surface area contributed by atoms with Crippen molar-refractivity contribution < 1.29 is 8.78 Å². The average molecular weight is 168 g/mol. The van der Waals surface area contributed by atoms with Crippen molar-refractivity contribution in [2.45, 2.75) is 13.3 Å². The first-order valence-electron chi connectivity index (χ1n) is 3.79. The number of benzene rings is 1. The van der Waals surface area contributed by atoms with Crippen molar-refractivity contribution in [2.75, 3.05) is 0 Å². The van der Waals surface area contributed by atoms with Crippen molar-refractivity contribution in [1.29, 1.82) is 0 Å². The molecular formula is C10H10F2. The van der Waals surface area contributed by atoms with Crippen molar-refractivity contribution in [3.63, 3.8) is 0 Å². The third-order valence-corrected chi connectivity index (χ3v) is 1.74. The van der Waals surface area contributed by atoms with Crippen LogP contribution in [0.5, 0.6) is 0 Å². The van der Waals surface area contributed by atoms with Gasteiger partial charge in [-0.1, -0.05) is 19.6 Å². The second-order valence-electron chi connectivity index (χ2n) is 2.54. The van der Waals surface area contributed by atoms with E-state index in [1.807, 2.05) is 6.92 Å². The maximum Gasteiger partial charge on any atom is 0.166 e. The lowest BCUT2D eigenvalue weighted by Gasteiger charge is -2.01. The van der Waals surface area contributed by atoms with Gasteiger partial charge in [-0.3, -0.25) is 0 Å². The Hall–Kier alpha value is -1.18. The smallest absolute Gasteiger partial charge is 0.166 e. The van der Waals surface area contributed by atoms with Gasteiger partial charge in [0.05, 0.1) is 0 Å². The maximum atomic E-state index is 12.9. The van der Waals surface area contributed by atoms with Crippen LogP contribution >= 0.6 is 0 Å². The molecule has 0 unspecified atom stereocenters. The number of hydrogen-bond acceptors (Lipinski definition) is 0. The molecule has 0 amide bonds. The summed E-state index contributed by atoms with van der Waals surface area (Å²) in [7, 11) is 0. The van der Waals surface area contributed by atoms with Crippen LogP contribution in [-0.4, -0.2) is 0 Å². The van der Waals surface area contributed by atoms with Crippen LogP contribution in [-0.2, 0) is 6.42 Å². The molecule has 0 bridgehead atoms. The van der Waals surface area contributed by atoms with Gasteiger partial charge in [-0.25, -0.2) is 8.78 Å². The van der Waals surface area contributed by atoms with E-state index in [-0.39, 0.29) is 5.56 Å². The van der Waals surface area contributed by atoms with Crippen molar-refractivity contribution in [1.82, 2.24) is 0 Å². The topological polar surface area (TPSA) is 0 Å². The third kappa shape index (κ3) is 1.52. The fourth-order valence-electron chi connectivity index (χ4n) is 1.02. The Kier molecular flexibility index (Phi) is 2.58. The fraction of sp³-hybridized carbons (Fsp3) is 0.200. The summed E-state index contributed by atoms with van der Waals surface area (Å²) in [5, 5.41) is 0. The summed E-state index contributed by atoms with van der Waals surface area (Å²) in [6.07, 6.45) is 2.01. The predicted octanol–water partition coefficient (Wildman–Crippen LogP) is 3.17. The van der Waals surface area contributed by atoms with Gasteiger partial charge in [0.25, 0.3) is 0 Å². The van der Waals surface area contributed by atoms with E-state index < -0.39 is 11.6 Å². The van der Waals surface area contributed by atoms with E-state index in [9.17, 15) is 8.78 Å². The molecule has 64 valence electrons. The van der Waals surface area contributed by atoms with Gasteiger partial charge in [0, 0.05) is 5.56 Å². The molecule has 0 spiro atoms. The molecule has 1 rings (SSSR count). The normalized spacial score (nSPS) is 9.92. The Balaban J connectivity index is 3.28. The van der Waals surface area contributed by atoms with Crippen molar-refractivity contribution in [3.05, 3.63) is 41.5 Å². The van der Waals surface area contributed by atoms with E-state index in [1.165, 1.54) is 12.1 Å². The largest absolute Gasteiger partial charge is 0.204 e. The zero-order valence-corrected chi connectivity index (χ0v) is 6.90. The highest BCUT2D eigenvalue weighted by atomic mass is 19.2. The van der Waals surface area contributed by atoms with Crippen molar-refractivity contribution in [2.24, 2.45) is 0 Å². The van der Waals surface area contributed by atoms with Crippen LogP contribution in [0.15, 0.2) is 18.7 Å². The Morgan fingerprint density at radius 2 is 2.08 bits per heavy atom. The average Bonchev–Trinajstić information content (AvgIpc) is 2.09. The molecule has 0 atom stereocenters. The summed E-state index contributed by atoms with van der Waals surface area (Å²) in [5.41, 5.74) is 1.01. The molecule has 0 nitrogen and oxygen atoms in total. The van der Waals surface area contributed by atoms with Crippen LogP contribution in [0.1, 0.15) is 18.1 Å². The van der Waals surface area contributed by atoms with Crippen LogP contribution in [0.3, 0.4) is 0 Å². The van der Waals surface area contributed by atoms with Gasteiger partial charge in [0.2, 0.25) is 0 Å². The number of rotatable bonds is 2. The van der Waals surface area contributed by atoms with Crippen LogP contribution in [0.2, 0.25) is 0 Å². The molecule has 1 aromatic rings. The molecule has 0 aliphatic carbocycles. The van der Waals surface area contributed by atoms with Gasteiger partial charge < -0.3 is 0 Å². The first-order valence-corrected chi connectivity index (χ1v) is 3.79. The summed E-state index contributed by atoms with van der Waals surface area (Å²) in [6, 6.07) is 2.81. The molecule has 0 heterocycles.